The average Bonchev–Trinajstić information content (AvgIpc) is 2.56. The van der Waals surface area contributed by atoms with Crippen molar-refractivity contribution >= 4 is 5.82 Å². The van der Waals surface area contributed by atoms with Crippen LogP contribution in [0.2, 0.25) is 0 Å². The number of likely N-dealkylation sites (tertiary alicyclic amines) is 1. The van der Waals surface area contributed by atoms with E-state index in [0.717, 1.165) is 19.5 Å². The minimum absolute atomic E-state index is 0.276. The lowest BCUT2D eigenvalue weighted by molar-refractivity contribution is 0.413. The van der Waals surface area contributed by atoms with E-state index < -0.39 is 0 Å². The number of aromatic nitrogens is 1. The topological polar surface area (TPSA) is 28.2 Å². The number of likely N-dealkylation sites (N-methyl/N-ethyl adjacent to an activating group) is 1. The Labute approximate surface area is 82.9 Å². The lowest BCUT2D eigenvalue weighted by Crippen LogP contribution is -2.24. The fraction of sp³-hybridized carbons (Fsp3) is 0.500. The van der Waals surface area contributed by atoms with Gasteiger partial charge in [-0.05, 0) is 32.1 Å². The Morgan fingerprint density at radius 1 is 1.64 bits per heavy atom. The van der Waals surface area contributed by atoms with E-state index in [9.17, 15) is 4.39 Å². The van der Waals surface area contributed by atoms with Crippen molar-refractivity contribution in [2.45, 2.75) is 12.5 Å². The van der Waals surface area contributed by atoms with Gasteiger partial charge in [0.25, 0.3) is 0 Å². The molecule has 0 saturated carbocycles. The van der Waals surface area contributed by atoms with Crippen molar-refractivity contribution in [1.82, 2.24) is 9.88 Å². The van der Waals surface area contributed by atoms with E-state index >= 15 is 0 Å². The van der Waals surface area contributed by atoms with Crippen LogP contribution in [0.1, 0.15) is 6.42 Å². The zero-order chi connectivity index (χ0) is 9.97. The largest absolute Gasteiger partial charge is 0.364 e. The number of hydrogen-bond donors (Lipinski definition) is 1. The highest BCUT2D eigenvalue weighted by Crippen LogP contribution is 2.15. The molecule has 0 amide bonds. The smallest absolute Gasteiger partial charge is 0.165 e. The third kappa shape index (κ3) is 2.01. The summed E-state index contributed by atoms with van der Waals surface area (Å²) in [5.41, 5.74) is 0. The zero-order valence-corrected chi connectivity index (χ0v) is 8.20. The Morgan fingerprint density at radius 3 is 3.14 bits per heavy atom. The van der Waals surface area contributed by atoms with Crippen LogP contribution in [0.15, 0.2) is 18.3 Å². The quantitative estimate of drug-likeness (QED) is 0.771. The molecule has 1 aliphatic heterocycles. The van der Waals surface area contributed by atoms with Crippen LogP contribution in [0, 0.1) is 5.82 Å². The SMILES string of the molecule is CN1CCC(Nc2ncccc2F)C1. The molecule has 76 valence electrons. The molecule has 1 aromatic heterocycles. The van der Waals surface area contributed by atoms with Crippen molar-refractivity contribution in [3.05, 3.63) is 24.1 Å². The van der Waals surface area contributed by atoms with Gasteiger partial charge in [-0.1, -0.05) is 0 Å². The summed E-state index contributed by atoms with van der Waals surface area (Å²) in [5, 5.41) is 3.11. The third-order valence-corrected chi connectivity index (χ3v) is 2.49. The Hall–Kier alpha value is -1.16. The van der Waals surface area contributed by atoms with Crippen molar-refractivity contribution in [3.63, 3.8) is 0 Å². The van der Waals surface area contributed by atoms with Crippen LogP contribution < -0.4 is 5.32 Å². The van der Waals surface area contributed by atoms with Crippen LogP contribution in [0.3, 0.4) is 0 Å². The summed E-state index contributed by atoms with van der Waals surface area (Å²) in [6.07, 6.45) is 2.65. The van der Waals surface area contributed by atoms with Crippen molar-refractivity contribution in [2.75, 3.05) is 25.5 Å². The number of nitrogens with one attached hydrogen (secondary N) is 1. The lowest BCUT2D eigenvalue weighted by Gasteiger charge is -2.13. The Balaban J connectivity index is 2.01. The number of anilines is 1. The predicted octanol–water partition coefficient (Wildman–Crippen LogP) is 1.34. The molecule has 1 N–H and O–H groups in total. The maximum Gasteiger partial charge on any atom is 0.165 e. The van der Waals surface area contributed by atoms with Crippen molar-refractivity contribution < 1.29 is 4.39 Å². The second-order valence-electron chi connectivity index (χ2n) is 3.73. The van der Waals surface area contributed by atoms with Gasteiger partial charge in [-0.2, -0.15) is 0 Å². The molecule has 1 saturated heterocycles. The van der Waals surface area contributed by atoms with Gasteiger partial charge in [-0.15, -0.1) is 0 Å². The molecule has 1 aromatic rings. The summed E-state index contributed by atoms with van der Waals surface area (Å²) in [7, 11) is 2.07. The number of rotatable bonds is 2. The van der Waals surface area contributed by atoms with Crippen molar-refractivity contribution in [3.8, 4) is 0 Å². The molecule has 0 aliphatic carbocycles. The fourth-order valence-electron chi connectivity index (χ4n) is 1.74. The molecule has 14 heavy (non-hydrogen) atoms. The summed E-state index contributed by atoms with van der Waals surface area (Å²) in [5.74, 6) is 0.0925. The fourth-order valence-corrected chi connectivity index (χ4v) is 1.74. The van der Waals surface area contributed by atoms with Crippen molar-refractivity contribution in [2.24, 2.45) is 0 Å². The van der Waals surface area contributed by atoms with Crippen LogP contribution in [-0.4, -0.2) is 36.1 Å². The molecule has 0 aromatic carbocycles. The third-order valence-electron chi connectivity index (χ3n) is 2.49. The maximum absolute atomic E-state index is 13.2. The molecule has 3 nitrogen and oxygen atoms in total. The number of nitrogens with zero attached hydrogens (tertiary/aromatic N) is 2. The summed E-state index contributed by atoms with van der Waals surface area (Å²) in [6, 6.07) is 3.35. The molecule has 0 spiro atoms. The molecule has 1 aliphatic rings. The molecular formula is C10H14FN3. The van der Waals surface area contributed by atoms with E-state index in [1.54, 1.807) is 12.3 Å². The van der Waals surface area contributed by atoms with Gasteiger partial charge in [-0.3, -0.25) is 0 Å². The molecule has 1 unspecified atom stereocenters. The minimum Gasteiger partial charge on any atom is -0.364 e. The van der Waals surface area contributed by atoms with Crippen LogP contribution >= 0.6 is 0 Å². The van der Waals surface area contributed by atoms with Gasteiger partial charge in [0, 0.05) is 18.8 Å². The van der Waals surface area contributed by atoms with Gasteiger partial charge in [0.1, 0.15) is 0 Å². The number of halogens is 1. The maximum atomic E-state index is 13.2. The second kappa shape index (κ2) is 3.92. The first-order valence-electron chi connectivity index (χ1n) is 4.81. The zero-order valence-electron chi connectivity index (χ0n) is 8.20. The average molecular weight is 195 g/mol. The van der Waals surface area contributed by atoms with Gasteiger partial charge < -0.3 is 10.2 Å². The standard InChI is InChI=1S/C10H14FN3/c1-14-6-4-8(7-14)13-10-9(11)3-2-5-12-10/h2-3,5,8H,4,6-7H2,1H3,(H,12,13). The molecular weight excluding hydrogens is 181 g/mol. The van der Waals surface area contributed by atoms with Crippen LogP contribution in [-0.2, 0) is 0 Å². The van der Waals surface area contributed by atoms with Crippen molar-refractivity contribution in [1.29, 1.82) is 0 Å². The molecule has 2 heterocycles. The number of pyridine rings is 1. The van der Waals surface area contributed by atoms with E-state index in [1.165, 1.54) is 6.07 Å². The normalized spacial score (nSPS) is 22.6. The molecule has 0 radical (unpaired) electrons. The van der Waals surface area contributed by atoms with Gasteiger partial charge in [0.05, 0.1) is 0 Å². The Bertz CT molecular complexity index is 316. The van der Waals surface area contributed by atoms with E-state index in [-0.39, 0.29) is 5.82 Å². The first-order valence-corrected chi connectivity index (χ1v) is 4.81. The van der Waals surface area contributed by atoms with Gasteiger partial charge in [-0.25, -0.2) is 9.37 Å². The highest BCUT2D eigenvalue weighted by atomic mass is 19.1. The lowest BCUT2D eigenvalue weighted by atomic mass is 10.2. The molecule has 0 bridgehead atoms. The second-order valence-corrected chi connectivity index (χ2v) is 3.73. The van der Waals surface area contributed by atoms with Gasteiger partial charge in [0.2, 0.25) is 0 Å². The molecule has 1 atom stereocenters. The molecule has 4 heteroatoms. The van der Waals surface area contributed by atoms with E-state index in [4.69, 9.17) is 0 Å². The summed E-state index contributed by atoms with van der Waals surface area (Å²) in [4.78, 5) is 6.18. The number of hydrogen-bond acceptors (Lipinski definition) is 3. The highest BCUT2D eigenvalue weighted by Gasteiger charge is 2.20. The van der Waals surface area contributed by atoms with Gasteiger partial charge >= 0.3 is 0 Å². The monoisotopic (exact) mass is 195 g/mol. The summed E-state index contributed by atoms with van der Waals surface area (Å²) < 4.78 is 13.2. The summed E-state index contributed by atoms with van der Waals surface area (Å²) in [6.45, 7) is 2.02. The Morgan fingerprint density at radius 2 is 2.50 bits per heavy atom. The van der Waals surface area contributed by atoms with E-state index in [2.05, 4.69) is 22.2 Å². The highest BCUT2D eigenvalue weighted by molar-refractivity contribution is 5.36. The van der Waals surface area contributed by atoms with E-state index in [1.807, 2.05) is 0 Å². The molecule has 1 fully saturated rings. The Kier molecular flexibility index (Phi) is 2.63. The minimum atomic E-state index is -0.276. The first-order chi connectivity index (χ1) is 6.75. The van der Waals surface area contributed by atoms with Crippen LogP contribution in [0.25, 0.3) is 0 Å². The first kappa shape index (κ1) is 9.40. The summed E-state index contributed by atoms with van der Waals surface area (Å²) >= 11 is 0. The van der Waals surface area contributed by atoms with Crippen LogP contribution in [0.4, 0.5) is 10.2 Å². The predicted molar refractivity (Wildman–Crippen MR) is 53.7 cm³/mol. The van der Waals surface area contributed by atoms with Gasteiger partial charge in [0.15, 0.2) is 11.6 Å². The van der Waals surface area contributed by atoms with E-state index in [0.29, 0.717) is 11.9 Å². The molecule has 2 rings (SSSR count). The van der Waals surface area contributed by atoms with Crippen LogP contribution in [0.5, 0.6) is 0 Å².